The number of aromatic nitrogens is 1. The molecule has 1 aliphatic carbocycles. The SMILES string of the molecule is O=C(Cc1ccncc1)NC1(C(=O)O)CCCC1. The molecule has 18 heavy (non-hydrogen) atoms. The predicted octanol–water partition coefficient (Wildman–Crippen LogP) is 1.14. The summed E-state index contributed by atoms with van der Waals surface area (Å²) in [5, 5.41) is 11.9. The van der Waals surface area contributed by atoms with Gasteiger partial charge in [0.05, 0.1) is 6.42 Å². The number of carboxylic acid groups (broad SMARTS) is 1. The van der Waals surface area contributed by atoms with Gasteiger partial charge in [-0.1, -0.05) is 12.8 Å². The summed E-state index contributed by atoms with van der Waals surface area (Å²) in [5.41, 5.74) is -0.217. The molecule has 5 heteroatoms. The van der Waals surface area contributed by atoms with Gasteiger partial charge in [-0.3, -0.25) is 9.78 Å². The van der Waals surface area contributed by atoms with E-state index in [1.165, 1.54) is 0 Å². The fourth-order valence-corrected chi connectivity index (χ4v) is 2.37. The lowest BCUT2D eigenvalue weighted by atomic mass is 9.97. The molecule has 2 N–H and O–H groups in total. The highest BCUT2D eigenvalue weighted by Gasteiger charge is 2.42. The number of amides is 1. The number of rotatable bonds is 4. The van der Waals surface area contributed by atoms with Crippen molar-refractivity contribution in [1.29, 1.82) is 0 Å². The first kappa shape index (κ1) is 12.5. The van der Waals surface area contributed by atoms with Gasteiger partial charge in [0.1, 0.15) is 5.54 Å². The van der Waals surface area contributed by atoms with Gasteiger partial charge in [-0.25, -0.2) is 4.79 Å². The molecule has 0 saturated heterocycles. The Labute approximate surface area is 105 Å². The Morgan fingerprint density at radius 2 is 1.89 bits per heavy atom. The molecule has 0 aromatic carbocycles. The maximum atomic E-state index is 11.9. The van der Waals surface area contributed by atoms with E-state index < -0.39 is 11.5 Å². The average molecular weight is 248 g/mol. The molecule has 1 fully saturated rings. The van der Waals surface area contributed by atoms with E-state index in [0.717, 1.165) is 18.4 Å². The Kier molecular flexibility index (Phi) is 3.60. The molecule has 0 unspecified atom stereocenters. The average Bonchev–Trinajstić information content (AvgIpc) is 2.80. The standard InChI is InChI=1S/C13H16N2O3/c16-11(9-10-3-7-14-8-4-10)15-13(12(17)18)5-1-2-6-13/h3-4,7-8H,1-2,5-6,9H2,(H,15,16)(H,17,18). The lowest BCUT2D eigenvalue weighted by molar-refractivity contribution is -0.147. The van der Waals surface area contributed by atoms with Gasteiger partial charge in [0.15, 0.2) is 0 Å². The van der Waals surface area contributed by atoms with E-state index in [2.05, 4.69) is 10.3 Å². The highest BCUT2D eigenvalue weighted by atomic mass is 16.4. The molecule has 0 radical (unpaired) electrons. The number of carbonyl (C=O) groups is 2. The van der Waals surface area contributed by atoms with Crippen LogP contribution in [0.5, 0.6) is 0 Å². The minimum atomic E-state index is -1.05. The number of nitrogens with one attached hydrogen (secondary N) is 1. The van der Waals surface area contributed by atoms with Crippen molar-refractivity contribution in [3.05, 3.63) is 30.1 Å². The van der Waals surface area contributed by atoms with Gasteiger partial charge in [-0.15, -0.1) is 0 Å². The summed E-state index contributed by atoms with van der Waals surface area (Å²) >= 11 is 0. The molecule has 0 spiro atoms. The maximum absolute atomic E-state index is 11.9. The van der Waals surface area contributed by atoms with Crippen LogP contribution in [0.15, 0.2) is 24.5 Å². The first-order valence-electron chi connectivity index (χ1n) is 6.06. The van der Waals surface area contributed by atoms with Crippen LogP contribution in [0.3, 0.4) is 0 Å². The molecule has 1 aliphatic rings. The van der Waals surface area contributed by atoms with Crippen LogP contribution in [0.1, 0.15) is 31.2 Å². The summed E-state index contributed by atoms with van der Waals surface area (Å²) < 4.78 is 0. The second-order valence-corrected chi connectivity index (χ2v) is 4.67. The summed E-state index contributed by atoms with van der Waals surface area (Å²) in [4.78, 5) is 27.0. The molecule has 1 aromatic rings. The molecule has 1 heterocycles. The smallest absolute Gasteiger partial charge is 0.329 e. The molecule has 0 atom stereocenters. The zero-order chi connectivity index (χ0) is 13.0. The van der Waals surface area contributed by atoms with Crippen LogP contribution in [-0.2, 0) is 16.0 Å². The Morgan fingerprint density at radius 3 is 2.44 bits per heavy atom. The zero-order valence-electron chi connectivity index (χ0n) is 10.1. The van der Waals surface area contributed by atoms with E-state index >= 15 is 0 Å². The van der Waals surface area contributed by atoms with Crippen molar-refractivity contribution in [2.75, 3.05) is 0 Å². The normalized spacial score (nSPS) is 17.3. The van der Waals surface area contributed by atoms with Gasteiger partial charge in [-0.2, -0.15) is 0 Å². The van der Waals surface area contributed by atoms with E-state index in [4.69, 9.17) is 0 Å². The number of pyridine rings is 1. The van der Waals surface area contributed by atoms with Gasteiger partial charge < -0.3 is 10.4 Å². The summed E-state index contributed by atoms with van der Waals surface area (Å²) in [6, 6.07) is 3.50. The van der Waals surface area contributed by atoms with Crippen LogP contribution in [0.2, 0.25) is 0 Å². The molecule has 2 rings (SSSR count). The monoisotopic (exact) mass is 248 g/mol. The number of carbonyl (C=O) groups excluding carboxylic acids is 1. The van der Waals surface area contributed by atoms with E-state index in [1.54, 1.807) is 24.5 Å². The first-order chi connectivity index (χ1) is 8.62. The van der Waals surface area contributed by atoms with Crippen molar-refractivity contribution < 1.29 is 14.7 Å². The maximum Gasteiger partial charge on any atom is 0.329 e. The van der Waals surface area contributed by atoms with E-state index in [1.807, 2.05) is 0 Å². The molecule has 1 saturated carbocycles. The Bertz CT molecular complexity index is 439. The highest BCUT2D eigenvalue weighted by molar-refractivity contribution is 5.88. The fourth-order valence-electron chi connectivity index (χ4n) is 2.37. The summed E-state index contributed by atoms with van der Waals surface area (Å²) in [6.45, 7) is 0. The van der Waals surface area contributed by atoms with E-state index in [-0.39, 0.29) is 12.3 Å². The second-order valence-electron chi connectivity index (χ2n) is 4.67. The minimum Gasteiger partial charge on any atom is -0.480 e. The highest BCUT2D eigenvalue weighted by Crippen LogP contribution is 2.29. The Hall–Kier alpha value is -1.91. The third-order valence-electron chi connectivity index (χ3n) is 3.36. The third kappa shape index (κ3) is 2.67. The van der Waals surface area contributed by atoms with Gasteiger partial charge in [0.25, 0.3) is 0 Å². The lowest BCUT2D eigenvalue weighted by Crippen LogP contribution is -2.52. The molecular formula is C13H16N2O3. The lowest BCUT2D eigenvalue weighted by Gasteiger charge is -2.25. The summed E-state index contributed by atoms with van der Waals surface area (Å²) in [6.07, 6.45) is 6.16. The quantitative estimate of drug-likeness (QED) is 0.837. The minimum absolute atomic E-state index is 0.192. The second kappa shape index (κ2) is 5.16. The van der Waals surface area contributed by atoms with Crippen LogP contribution in [0.25, 0.3) is 0 Å². The molecule has 0 bridgehead atoms. The van der Waals surface area contributed by atoms with Crippen LogP contribution in [0.4, 0.5) is 0 Å². The van der Waals surface area contributed by atoms with Crippen molar-refractivity contribution in [3.8, 4) is 0 Å². The molecule has 0 aliphatic heterocycles. The molecule has 1 amide bonds. The number of aliphatic carboxylic acids is 1. The van der Waals surface area contributed by atoms with Crippen molar-refractivity contribution in [3.63, 3.8) is 0 Å². The molecular weight excluding hydrogens is 232 g/mol. The van der Waals surface area contributed by atoms with Crippen molar-refractivity contribution >= 4 is 11.9 Å². The summed E-state index contributed by atoms with van der Waals surface area (Å²) in [5.74, 6) is -1.17. The van der Waals surface area contributed by atoms with E-state index in [0.29, 0.717) is 12.8 Å². The predicted molar refractivity (Wildman–Crippen MR) is 64.9 cm³/mol. The number of nitrogens with zero attached hydrogens (tertiary/aromatic N) is 1. The van der Waals surface area contributed by atoms with Gasteiger partial charge in [0, 0.05) is 12.4 Å². The first-order valence-corrected chi connectivity index (χ1v) is 6.06. The van der Waals surface area contributed by atoms with Crippen LogP contribution < -0.4 is 5.32 Å². The molecule has 1 aromatic heterocycles. The summed E-state index contributed by atoms with van der Waals surface area (Å²) in [7, 11) is 0. The van der Waals surface area contributed by atoms with Gasteiger partial charge in [0.2, 0.25) is 5.91 Å². The number of hydrogen-bond acceptors (Lipinski definition) is 3. The van der Waals surface area contributed by atoms with Gasteiger partial charge >= 0.3 is 5.97 Å². The number of carboxylic acids is 1. The van der Waals surface area contributed by atoms with Crippen molar-refractivity contribution in [1.82, 2.24) is 10.3 Å². The zero-order valence-corrected chi connectivity index (χ0v) is 10.1. The van der Waals surface area contributed by atoms with Crippen LogP contribution in [0, 0.1) is 0 Å². The third-order valence-corrected chi connectivity index (χ3v) is 3.36. The Balaban J connectivity index is 2.00. The van der Waals surface area contributed by atoms with Crippen LogP contribution >= 0.6 is 0 Å². The van der Waals surface area contributed by atoms with Crippen molar-refractivity contribution in [2.45, 2.75) is 37.6 Å². The van der Waals surface area contributed by atoms with Crippen molar-refractivity contribution in [2.24, 2.45) is 0 Å². The topological polar surface area (TPSA) is 79.3 Å². The number of hydrogen-bond donors (Lipinski definition) is 2. The fraction of sp³-hybridized carbons (Fsp3) is 0.462. The molecule has 5 nitrogen and oxygen atoms in total. The van der Waals surface area contributed by atoms with Crippen LogP contribution in [-0.4, -0.2) is 27.5 Å². The van der Waals surface area contributed by atoms with Gasteiger partial charge in [-0.05, 0) is 30.5 Å². The Morgan fingerprint density at radius 1 is 1.28 bits per heavy atom. The largest absolute Gasteiger partial charge is 0.480 e. The molecule has 96 valence electrons. The van der Waals surface area contributed by atoms with E-state index in [9.17, 15) is 14.7 Å².